The molecule has 0 saturated carbocycles. The monoisotopic (exact) mass is 754 g/mol. The lowest BCUT2D eigenvalue weighted by Crippen LogP contribution is -2.64. The van der Waals surface area contributed by atoms with Crippen LogP contribution in [0.25, 0.3) is 11.1 Å². The van der Waals surface area contributed by atoms with Crippen LogP contribution in [-0.4, -0.2) is 73.8 Å². The number of hydrogen-bond donors (Lipinski definition) is 0. The lowest BCUT2D eigenvalue weighted by atomic mass is 9.93. The molecule has 1 aliphatic rings. The van der Waals surface area contributed by atoms with Gasteiger partial charge in [0.1, 0.15) is 18.5 Å². The van der Waals surface area contributed by atoms with E-state index in [-0.39, 0.29) is 19.0 Å². The lowest BCUT2D eigenvalue weighted by molar-refractivity contribution is -0.293. The Balaban J connectivity index is 2.22. The summed E-state index contributed by atoms with van der Waals surface area (Å²) in [5.74, 6) is -2.63. The van der Waals surface area contributed by atoms with E-state index in [4.69, 9.17) is 33.2 Å². The zero-order valence-electron chi connectivity index (χ0n) is 34.0. The molecule has 0 aliphatic carbocycles. The average molecular weight is 755 g/mol. The summed E-state index contributed by atoms with van der Waals surface area (Å²) in [6.45, 7) is 21.6. The quantitative estimate of drug-likeness (QED) is 0.171. The molecule has 0 bridgehead atoms. The first kappa shape index (κ1) is 44.0. The van der Waals surface area contributed by atoms with Gasteiger partial charge in [-0.2, -0.15) is 0 Å². The van der Waals surface area contributed by atoms with Crippen LogP contribution in [0.1, 0.15) is 95.6 Å². The number of ether oxygens (including phenoxy) is 7. The largest absolute Gasteiger partial charge is 0.466 e. The summed E-state index contributed by atoms with van der Waals surface area (Å²) in [7, 11) is 0. The summed E-state index contributed by atoms with van der Waals surface area (Å²) < 4.78 is 42.2. The maximum Gasteiger partial charge on any atom is 0.311 e. The summed E-state index contributed by atoms with van der Waals surface area (Å²) in [6.07, 6.45) is -6.99. The van der Waals surface area contributed by atoms with Gasteiger partial charge in [-0.05, 0) is 107 Å². The Morgan fingerprint density at radius 1 is 0.611 bits per heavy atom. The van der Waals surface area contributed by atoms with E-state index in [9.17, 15) is 24.0 Å². The van der Waals surface area contributed by atoms with E-state index >= 15 is 0 Å². The third-order valence-electron chi connectivity index (χ3n) is 8.17. The van der Waals surface area contributed by atoms with Gasteiger partial charge in [0.05, 0.1) is 34.7 Å². The van der Waals surface area contributed by atoms with Gasteiger partial charge < -0.3 is 33.2 Å². The molecule has 0 aromatic heterocycles. The van der Waals surface area contributed by atoms with Crippen molar-refractivity contribution in [1.82, 2.24) is 0 Å². The van der Waals surface area contributed by atoms with E-state index < -0.39 is 82.8 Å². The SMILES string of the molecule is CCOC(=O)Cc1cccc(-c2ccccc2O[C@@H]2O[C@H](COC(=O)C(C)(C)C)[C@@H](OC(=O)C(C)(C)C)[C@H](OC(=O)C(C)(C)C)[C@@H]2OC(=O)C(C)(C)C)c1. The van der Waals surface area contributed by atoms with Gasteiger partial charge >= 0.3 is 29.8 Å². The third-order valence-corrected chi connectivity index (χ3v) is 8.17. The predicted molar refractivity (Wildman–Crippen MR) is 200 cm³/mol. The number of rotatable bonds is 11. The number of esters is 5. The molecule has 1 fully saturated rings. The van der Waals surface area contributed by atoms with Crippen molar-refractivity contribution in [1.29, 1.82) is 0 Å². The van der Waals surface area contributed by atoms with E-state index in [1.54, 1.807) is 108 Å². The Kier molecular flexibility index (Phi) is 14.1. The summed E-state index contributed by atoms with van der Waals surface area (Å²) in [4.78, 5) is 66.1. The summed E-state index contributed by atoms with van der Waals surface area (Å²) in [5, 5.41) is 0. The number of hydrogen-bond acceptors (Lipinski definition) is 12. The van der Waals surface area contributed by atoms with Crippen LogP contribution < -0.4 is 4.74 Å². The van der Waals surface area contributed by atoms with Crippen LogP contribution in [0, 0.1) is 21.7 Å². The molecule has 54 heavy (non-hydrogen) atoms. The van der Waals surface area contributed by atoms with E-state index in [0.29, 0.717) is 22.4 Å². The number of benzene rings is 2. The molecule has 0 N–H and O–H groups in total. The molecule has 3 rings (SSSR count). The third kappa shape index (κ3) is 12.0. The molecule has 298 valence electrons. The molecule has 1 heterocycles. The first-order valence-electron chi connectivity index (χ1n) is 18.3. The second-order valence-corrected chi connectivity index (χ2v) is 17.5. The minimum absolute atomic E-state index is 0.0612. The number of para-hydroxylation sites is 1. The predicted octanol–water partition coefficient (Wildman–Crippen LogP) is 7.03. The Labute approximate surface area is 319 Å². The summed E-state index contributed by atoms with van der Waals surface area (Å²) >= 11 is 0. The van der Waals surface area contributed by atoms with Crippen molar-refractivity contribution in [2.24, 2.45) is 21.7 Å². The molecule has 12 heteroatoms. The topological polar surface area (TPSA) is 150 Å². The molecular formula is C42H58O12. The first-order chi connectivity index (χ1) is 24.8. The van der Waals surface area contributed by atoms with Crippen LogP contribution in [0.15, 0.2) is 48.5 Å². The molecule has 0 unspecified atom stereocenters. The number of carbonyl (C=O) groups excluding carboxylic acids is 5. The van der Waals surface area contributed by atoms with Crippen molar-refractivity contribution in [3.8, 4) is 16.9 Å². The highest BCUT2D eigenvalue weighted by Gasteiger charge is 2.55. The van der Waals surface area contributed by atoms with Crippen LogP contribution in [0.3, 0.4) is 0 Å². The Morgan fingerprint density at radius 2 is 1.13 bits per heavy atom. The molecule has 2 aromatic rings. The zero-order valence-corrected chi connectivity index (χ0v) is 34.0. The Bertz CT molecular complexity index is 1650. The van der Waals surface area contributed by atoms with Crippen LogP contribution in [0.4, 0.5) is 0 Å². The molecule has 0 amide bonds. The van der Waals surface area contributed by atoms with Gasteiger partial charge in [0.15, 0.2) is 12.2 Å². The lowest BCUT2D eigenvalue weighted by Gasteiger charge is -2.45. The van der Waals surface area contributed by atoms with E-state index in [0.717, 1.165) is 0 Å². The summed E-state index contributed by atoms with van der Waals surface area (Å²) in [5.41, 5.74) is -1.91. The molecule has 2 aromatic carbocycles. The normalized spacial score (nSPS) is 20.6. The molecular weight excluding hydrogens is 696 g/mol. The highest BCUT2D eigenvalue weighted by molar-refractivity contribution is 5.78. The molecule has 1 aliphatic heterocycles. The Morgan fingerprint density at radius 3 is 1.67 bits per heavy atom. The van der Waals surface area contributed by atoms with Gasteiger partial charge in [-0.1, -0.05) is 42.5 Å². The minimum atomic E-state index is -1.47. The minimum Gasteiger partial charge on any atom is -0.466 e. The second kappa shape index (κ2) is 17.3. The molecule has 1 saturated heterocycles. The standard InChI is InChI=1S/C42H58O12/c1-14-48-30(43)23-25-18-17-19-26(22-25)27-20-15-16-21-28(27)50-34-33(54-38(47)42(11,12)13)32(53-37(46)41(8,9)10)31(52-36(45)40(5,6)7)29(51-34)24-49-35(44)39(2,3)4/h15-22,29,31-34H,14,23-24H2,1-13H3/t29-,31-,32+,33+,34-/m1/s1. The fraction of sp³-hybridized carbons (Fsp3) is 0.595. The fourth-order valence-corrected chi connectivity index (χ4v) is 4.95. The fourth-order valence-electron chi connectivity index (χ4n) is 4.95. The van der Waals surface area contributed by atoms with Crippen LogP contribution in [0.2, 0.25) is 0 Å². The van der Waals surface area contributed by atoms with Crippen molar-refractivity contribution in [2.45, 2.75) is 127 Å². The van der Waals surface area contributed by atoms with Gasteiger partial charge in [-0.3, -0.25) is 24.0 Å². The van der Waals surface area contributed by atoms with Crippen LogP contribution >= 0.6 is 0 Å². The van der Waals surface area contributed by atoms with Crippen molar-refractivity contribution in [3.63, 3.8) is 0 Å². The molecule has 0 spiro atoms. The van der Waals surface area contributed by atoms with Crippen molar-refractivity contribution in [2.75, 3.05) is 13.2 Å². The van der Waals surface area contributed by atoms with Gasteiger partial charge in [-0.15, -0.1) is 0 Å². The van der Waals surface area contributed by atoms with E-state index in [2.05, 4.69) is 0 Å². The van der Waals surface area contributed by atoms with Crippen LogP contribution in [0.5, 0.6) is 5.75 Å². The van der Waals surface area contributed by atoms with E-state index in [1.807, 2.05) is 30.3 Å². The van der Waals surface area contributed by atoms with Gasteiger partial charge in [0, 0.05) is 5.56 Å². The van der Waals surface area contributed by atoms with Crippen LogP contribution in [-0.2, 0) is 58.8 Å². The van der Waals surface area contributed by atoms with Crippen molar-refractivity contribution < 1.29 is 57.1 Å². The number of carbonyl (C=O) groups is 5. The van der Waals surface area contributed by atoms with Crippen molar-refractivity contribution in [3.05, 3.63) is 54.1 Å². The molecule has 0 radical (unpaired) electrons. The van der Waals surface area contributed by atoms with Crippen molar-refractivity contribution >= 4 is 29.8 Å². The smallest absolute Gasteiger partial charge is 0.311 e. The summed E-state index contributed by atoms with van der Waals surface area (Å²) in [6, 6.07) is 14.4. The highest BCUT2D eigenvalue weighted by atomic mass is 16.7. The maximum atomic E-state index is 13.6. The first-order valence-corrected chi connectivity index (χ1v) is 18.3. The zero-order chi connectivity index (χ0) is 40.8. The van der Waals surface area contributed by atoms with Gasteiger partial charge in [-0.25, -0.2) is 0 Å². The average Bonchev–Trinajstić information content (AvgIpc) is 3.04. The van der Waals surface area contributed by atoms with Gasteiger partial charge in [0.2, 0.25) is 12.4 Å². The van der Waals surface area contributed by atoms with Gasteiger partial charge in [0.25, 0.3) is 0 Å². The maximum absolute atomic E-state index is 13.6. The Hall–Kier alpha value is -4.45. The highest BCUT2D eigenvalue weighted by Crippen LogP contribution is 2.38. The molecule has 12 nitrogen and oxygen atoms in total. The van der Waals surface area contributed by atoms with E-state index in [1.165, 1.54) is 0 Å². The molecule has 5 atom stereocenters. The second-order valence-electron chi connectivity index (χ2n) is 17.5.